The van der Waals surface area contributed by atoms with Crippen LogP contribution in [0, 0.1) is 12.7 Å². The second-order valence-electron chi connectivity index (χ2n) is 6.26. The van der Waals surface area contributed by atoms with Crippen molar-refractivity contribution in [1.82, 2.24) is 14.9 Å². The summed E-state index contributed by atoms with van der Waals surface area (Å²) in [6, 6.07) is 7.59. The van der Waals surface area contributed by atoms with Gasteiger partial charge in [-0.2, -0.15) is 0 Å². The second-order valence-corrected chi connectivity index (χ2v) is 6.26. The van der Waals surface area contributed by atoms with Crippen LogP contribution in [-0.2, 0) is 16.0 Å². The molecule has 0 spiro atoms. The highest BCUT2D eigenvalue weighted by molar-refractivity contribution is 5.77. The summed E-state index contributed by atoms with van der Waals surface area (Å²) in [7, 11) is 0. The van der Waals surface area contributed by atoms with Gasteiger partial charge in [-0.1, -0.05) is 0 Å². The molecule has 2 aromatic rings. The number of hydrogen-bond donors (Lipinski definition) is 0. The number of amides is 1. The van der Waals surface area contributed by atoms with E-state index in [1.165, 1.54) is 24.3 Å². The molecule has 0 radical (unpaired) electrons. The van der Waals surface area contributed by atoms with Crippen molar-refractivity contribution in [1.29, 1.82) is 0 Å². The van der Waals surface area contributed by atoms with Crippen molar-refractivity contribution in [3.05, 3.63) is 53.9 Å². The molecular weight excluding hydrogens is 337 g/mol. The molecule has 1 aliphatic heterocycles. The van der Waals surface area contributed by atoms with Crippen LogP contribution in [0.15, 0.2) is 36.7 Å². The van der Waals surface area contributed by atoms with Crippen LogP contribution in [0.25, 0.3) is 0 Å². The Morgan fingerprint density at radius 2 is 2.15 bits per heavy atom. The first-order valence-corrected chi connectivity index (χ1v) is 8.65. The molecule has 1 atom stereocenters. The minimum absolute atomic E-state index is 0.0196. The number of ether oxygens (including phenoxy) is 2. The fourth-order valence-corrected chi connectivity index (χ4v) is 2.84. The van der Waals surface area contributed by atoms with E-state index in [0.29, 0.717) is 25.4 Å². The van der Waals surface area contributed by atoms with Gasteiger partial charge in [0.1, 0.15) is 17.9 Å². The van der Waals surface area contributed by atoms with Gasteiger partial charge in [0.05, 0.1) is 12.7 Å². The van der Waals surface area contributed by atoms with E-state index in [-0.39, 0.29) is 24.4 Å². The molecule has 0 aliphatic carbocycles. The van der Waals surface area contributed by atoms with Crippen LogP contribution < -0.4 is 4.74 Å². The predicted octanol–water partition coefficient (Wildman–Crippen LogP) is 2.16. The highest BCUT2D eigenvalue weighted by Crippen LogP contribution is 2.14. The first-order valence-electron chi connectivity index (χ1n) is 8.65. The molecule has 0 saturated carbocycles. The maximum absolute atomic E-state index is 12.9. The number of carbonyl (C=O) groups excluding carboxylic acids is 1. The summed E-state index contributed by atoms with van der Waals surface area (Å²) in [4.78, 5) is 22.4. The number of carbonyl (C=O) groups is 1. The lowest BCUT2D eigenvalue weighted by atomic mass is 10.1. The SMILES string of the molecule is Cc1cc(CC[C@H]2CN(C(=O)COc3ccc(F)cc3)CCO2)ncn1. The summed E-state index contributed by atoms with van der Waals surface area (Å²) in [6.07, 6.45) is 3.12. The summed E-state index contributed by atoms with van der Waals surface area (Å²) in [5.74, 6) is 0.0442. The molecule has 0 bridgehead atoms. The van der Waals surface area contributed by atoms with Gasteiger partial charge in [-0.15, -0.1) is 0 Å². The standard InChI is InChI=1S/C19H22FN3O3/c1-14-10-16(22-13-21-14)4-7-18-11-23(8-9-25-18)19(24)12-26-17-5-2-15(20)3-6-17/h2-3,5-6,10,13,18H,4,7-9,11-12H2,1H3/t18-/m0/s1. The maximum atomic E-state index is 12.9. The number of morpholine rings is 1. The fraction of sp³-hybridized carbons (Fsp3) is 0.421. The van der Waals surface area contributed by atoms with Crippen LogP contribution in [0.5, 0.6) is 5.75 Å². The molecule has 0 unspecified atom stereocenters. The molecule has 3 rings (SSSR count). The largest absolute Gasteiger partial charge is 0.484 e. The zero-order valence-electron chi connectivity index (χ0n) is 14.7. The molecule has 1 aromatic carbocycles. The van der Waals surface area contributed by atoms with Crippen molar-refractivity contribution in [2.75, 3.05) is 26.3 Å². The Bertz CT molecular complexity index is 739. The number of benzene rings is 1. The van der Waals surface area contributed by atoms with E-state index >= 15 is 0 Å². The van der Waals surface area contributed by atoms with Crippen molar-refractivity contribution >= 4 is 5.91 Å². The molecule has 138 valence electrons. The van der Waals surface area contributed by atoms with Crippen molar-refractivity contribution in [2.45, 2.75) is 25.9 Å². The summed E-state index contributed by atoms with van der Waals surface area (Å²) < 4.78 is 24.1. The van der Waals surface area contributed by atoms with Crippen molar-refractivity contribution in [2.24, 2.45) is 0 Å². The lowest BCUT2D eigenvalue weighted by Crippen LogP contribution is -2.47. The lowest BCUT2D eigenvalue weighted by molar-refractivity contribution is -0.141. The van der Waals surface area contributed by atoms with Gasteiger partial charge in [0.2, 0.25) is 0 Å². The van der Waals surface area contributed by atoms with E-state index in [0.717, 1.165) is 24.2 Å². The van der Waals surface area contributed by atoms with Crippen LogP contribution in [0.3, 0.4) is 0 Å². The minimum Gasteiger partial charge on any atom is -0.484 e. The first-order chi connectivity index (χ1) is 12.6. The van der Waals surface area contributed by atoms with Crippen molar-refractivity contribution in [3.63, 3.8) is 0 Å². The summed E-state index contributed by atoms with van der Waals surface area (Å²) in [6.45, 7) is 3.47. The lowest BCUT2D eigenvalue weighted by Gasteiger charge is -2.33. The van der Waals surface area contributed by atoms with Gasteiger partial charge >= 0.3 is 0 Å². The molecule has 1 amide bonds. The van der Waals surface area contributed by atoms with E-state index in [1.807, 2.05) is 13.0 Å². The predicted molar refractivity (Wildman–Crippen MR) is 93.3 cm³/mol. The van der Waals surface area contributed by atoms with Gasteiger partial charge in [-0.05, 0) is 50.1 Å². The molecular formula is C19H22FN3O3. The summed E-state index contributed by atoms with van der Waals surface area (Å²) >= 11 is 0. The molecule has 7 heteroatoms. The van der Waals surface area contributed by atoms with Crippen LogP contribution >= 0.6 is 0 Å². The quantitative estimate of drug-likeness (QED) is 0.791. The summed E-state index contributed by atoms with van der Waals surface area (Å²) in [5.41, 5.74) is 1.92. The van der Waals surface area contributed by atoms with Crippen LogP contribution in [0.1, 0.15) is 17.8 Å². The normalized spacial score (nSPS) is 17.2. The van der Waals surface area contributed by atoms with E-state index in [1.54, 1.807) is 11.2 Å². The molecule has 1 aromatic heterocycles. The fourth-order valence-electron chi connectivity index (χ4n) is 2.84. The highest BCUT2D eigenvalue weighted by Gasteiger charge is 2.24. The van der Waals surface area contributed by atoms with Crippen LogP contribution in [0.2, 0.25) is 0 Å². The Morgan fingerprint density at radius 3 is 2.92 bits per heavy atom. The number of hydrogen-bond acceptors (Lipinski definition) is 5. The van der Waals surface area contributed by atoms with Gasteiger partial charge in [0.25, 0.3) is 5.91 Å². The molecule has 1 aliphatic rings. The third kappa shape index (κ3) is 5.23. The molecule has 2 heterocycles. The van der Waals surface area contributed by atoms with Crippen molar-refractivity contribution in [3.8, 4) is 5.75 Å². The van der Waals surface area contributed by atoms with Gasteiger partial charge in [-0.25, -0.2) is 14.4 Å². The number of aryl methyl sites for hydroxylation is 2. The highest BCUT2D eigenvalue weighted by atomic mass is 19.1. The average molecular weight is 359 g/mol. The maximum Gasteiger partial charge on any atom is 0.260 e. The number of nitrogens with zero attached hydrogens (tertiary/aromatic N) is 3. The Balaban J connectivity index is 1.46. The Hall–Kier alpha value is -2.54. The Labute approximate surface area is 152 Å². The topological polar surface area (TPSA) is 64.6 Å². The van der Waals surface area contributed by atoms with Gasteiger partial charge in [-0.3, -0.25) is 4.79 Å². The van der Waals surface area contributed by atoms with Gasteiger partial charge in [0.15, 0.2) is 6.61 Å². The number of aromatic nitrogens is 2. The minimum atomic E-state index is -0.335. The Kier molecular flexibility index (Phi) is 6.12. The third-order valence-corrected chi connectivity index (χ3v) is 4.25. The smallest absolute Gasteiger partial charge is 0.260 e. The molecule has 26 heavy (non-hydrogen) atoms. The zero-order chi connectivity index (χ0) is 18.4. The van der Waals surface area contributed by atoms with E-state index in [4.69, 9.17) is 9.47 Å². The van der Waals surface area contributed by atoms with Crippen molar-refractivity contribution < 1.29 is 18.7 Å². The third-order valence-electron chi connectivity index (χ3n) is 4.25. The summed E-state index contributed by atoms with van der Waals surface area (Å²) in [5, 5.41) is 0. The van der Waals surface area contributed by atoms with E-state index in [9.17, 15) is 9.18 Å². The van der Waals surface area contributed by atoms with Crippen LogP contribution in [0.4, 0.5) is 4.39 Å². The van der Waals surface area contributed by atoms with Gasteiger partial charge < -0.3 is 14.4 Å². The molecule has 6 nitrogen and oxygen atoms in total. The monoisotopic (exact) mass is 359 g/mol. The number of halogens is 1. The molecule has 0 N–H and O–H groups in total. The van der Waals surface area contributed by atoms with E-state index in [2.05, 4.69) is 9.97 Å². The number of rotatable bonds is 6. The van der Waals surface area contributed by atoms with Crippen LogP contribution in [-0.4, -0.2) is 53.2 Å². The zero-order valence-corrected chi connectivity index (χ0v) is 14.7. The van der Waals surface area contributed by atoms with Gasteiger partial charge in [0, 0.05) is 24.5 Å². The average Bonchev–Trinajstić information content (AvgIpc) is 2.66. The second kappa shape index (κ2) is 8.71. The first kappa shape index (κ1) is 18.3. The van der Waals surface area contributed by atoms with E-state index < -0.39 is 0 Å². The Morgan fingerprint density at radius 1 is 1.35 bits per heavy atom. The molecule has 1 fully saturated rings. The molecule has 1 saturated heterocycles.